The first-order valence-corrected chi connectivity index (χ1v) is 8.07. The molecule has 3 rings (SSSR count). The van der Waals surface area contributed by atoms with Crippen molar-refractivity contribution >= 4 is 18.3 Å². The number of carbonyl (C=O) groups excluding carboxylic acids is 1. The molecule has 0 atom stereocenters. The summed E-state index contributed by atoms with van der Waals surface area (Å²) in [6.45, 7) is 2.81. The van der Waals surface area contributed by atoms with Crippen molar-refractivity contribution in [2.45, 2.75) is 38.4 Å². The minimum Gasteiger partial charge on any atom is -0.338 e. The predicted octanol–water partition coefficient (Wildman–Crippen LogP) is 3.62. The van der Waals surface area contributed by atoms with Crippen LogP contribution < -0.4 is 5.32 Å². The van der Waals surface area contributed by atoms with Gasteiger partial charge in [-0.3, -0.25) is 4.79 Å². The van der Waals surface area contributed by atoms with Gasteiger partial charge >= 0.3 is 6.18 Å². The molecule has 2 aliphatic rings. The van der Waals surface area contributed by atoms with Crippen molar-refractivity contribution in [3.8, 4) is 0 Å². The highest BCUT2D eigenvalue weighted by molar-refractivity contribution is 5.85. The van der Waals surface area contributed by atoms with Crippen LogP contribution in [0.2, 0.25) is 0 Å². The summed E-state index contributed by atoms with van der Waals surface area (Å²) in [6.07, 6.45) is -0.716. The van der Waals surface area contributed by atoms with Crippen LogP contribution in [0.25, 0.3) is 0 Å². The van der Waals surface area contributed by atoms with E-state index in [-0.39, 0.29) is 23.7 Å². The van der Waals surface area contributed by atoms with Crippen LogP contribution in [0.1, 0.15) is 36.8 Å². The van der Waals surface area contributed by atoms with Crippen LogP contribution in [-0.2, 0) is 17.5 Å². The summed E-state index contributed by atoms with van der Waals surface area (Å²) in [5.74, 6) is 0.171. The van der Waals surface area contributed by atoms with Crippen molar-refractivity contribution in [1.29, 1.82) is 0 Å². The molecule has 7 heteroatoms. The monoisotopic (exact) mass is 362 g/mol. The lowest BCUT2D eigenvalue weighted by molar-refractivity contribution is -0.149. The lowest BCUT2D eigenvalue weighted by atomic mass is 9.72. The van der Waals surface area contributed by atoms with Gasteiger partial charge < -0.3 is 10.2 Å². The molecule has 2 heterocycles. The smallest absolute Gasteiger partial charge is 0.338 e. The number of piperidine rings is 2. The third kappa shape index (κ3) is 3.86. The van der Waals surface area contributed by atoms with Gasteiger partial charge in [-0.15, -0.1) is 12.4 Å². The topological polar surface area (TPSA) is 32.3 Å². The first kappa shape index (κ1) is 19.1. The Labute approximate surface area is 146 Å². The Balaban J connectivity index is 0.00000208. The van der Waals surface area contributed by atoms with Crippen molar-refractivity contribution < 1.29 is 18.0 Å². The summed E-state index contributed by atoms with van der Waals surface area (Å²) in [7, 11) is 0. The Morgan fingerprint density at radius 3 is 2.29 bits per heavy atom. The summed E-state index contributed by atoms with van der Waals surface area (Å²) in [5.41, 5.74) is -0.159. The van der Waals surface area contributed by atoms with Crippen LogP contribution in [-0.4, -0.2) is 30.4 Å². The van der Waals surface area contributed by atoms with Crippen molar-refractivity contribution in [1.82, 2.24) is 10.2 Å². The van der Waals surface area contributed by atoms with Crippen molar-refractivity contribution in [3.63, 3.8) is 0 Å². The normalized spacial score (nSPS) is 20.8. The van der Waals surface area contributed by atoms with Gasteiger partial charge in [0.25, 0.3) is 0 Å². The second kappa shape index (κ2) is 7.31. The SMILES string of the molecule is Cl.O=C1N(Cc2ccc(C(F)(F)F)cc2)CCCC12CCNCC2. The zero-order valence-corrected chi connectivity index (χ0v) is 14.2. The summed E-state index contributed by atoms with van der Waals surface area (Å²) in [6, 6.07) is 5.12. The summed E-state index contributed by atoms with van der Waals surface area (Å²) >= 11 is 0. The number of hydrogen-bond donors (Lipinski definition) is 1. The van der Waals surface area contributed by atoms with E-state index < -0.39 is 11.7 Å². The molecule has 2 fully saturated rings. The second-order valence-corrected chi connectivity index (χ2v) is 6.56. The molecule has 0 radical (unpaired) electrons. The highest BCUT2D eigenvalue weighted by Crippen LogP contribution is 2.39. The summed E-state index contributed by atoms with van der Waals surface area (Å²) < 4.78 is 37.8. The summed E-state index contributed by atoms with van der Waals surface area (Å²) in [4.78, 5) is 14.7. The van der Waals surface area contributed by atoms with E-state index in [0.29, 0.717) is 13.1 Å². The van der Waals surface area contributed by atoms with E-state index in [2.05, 4.69) is 5.32 Å². The molecule has 0 unspecified atom stereocenters. The zero-order valence-electron chi connectivity index (χ0n) is 13.4. The highest BCUT2D eigenvalue weighted by Gasteiger charge is 2.44. The van der Waals surface area contributed by atoms with Gasteiger partial charge in [-0.25, -0.2) is 0 Å². The predicted molar refractivity (Wildman–Crippen MR) is 87.9 cm³/mol. The number of amides is 1. The fraction of sp³-hybridized carbons (Fsp3) is 0.588. The third-order valence-electron chi connectivity index (χ3n) is 5.04. The van der Waals surface area contributed by atoms with Gasteiger partial charge in [0.2, 0.25) is 5.91 Å². The van der Waals surface area contributed by atoms with Crippen LogP contribution in [0.4, 0.5) is 13.2 Å². The minimum atomic E-state index is -4.32. The molecule has 0 aliphatic carbocycles. The molecule has 0 bridgehead atoms. The number of hydrogen-bond acceptors (Lipinski definition) is 2. The molecular formula is C17H22ClF3N2O. The van der Waals surface area contributed by atoms with E-state index in [1.807, 2.05) is 4.90 Å². The number of benzene rings is 1. The Morgan fingerprint density at radius 1 is 1.08 bits per heavy atom. The molecule has 1 N–H and O–H groups in total. The molecule has 3 nitrogen and oxygen atoms in total. The van der Waals surface area contributed by atoms with Gasteiger partial charge in [0.05, 0.1) is 11.0 Å². The minimum absolute atomic E-state index is 0. The maximum Gasteiger partial charge on any atom is 0.416 e. The first-order chi connectivity index (χ1) is 10.9. The largest absolute Gasteiger partial charge is 0.416 e. The Kier molecular flexibility index (Phi) is 5.81. The first-order valence-electron chi connectivity index (χ1n) is 8.07. The van der Waals surface area contributed by atoms with Gasteiger partial charge in [0.1, 0.15) is 0 Å². The molecular weight excluding hydrogens is 341 g/mol. The lowest BCUT2D eigenvalue weighted by Crippen LogP contribution is -2.52. The molecule has 134 valence electrons. The number of nitrogens with zero attached hydrogens (tertiary/aromatic N) is 1. The number of alkyl halides is 3. The maximum atomic E-state index is 12.9. The lowest BCUT2D eigenvalue weighted by Gasteiger charge is -2.44. The standard InChI is InChI=1S/C17H21F3N2O.ClH/c18-17(19,20)14-4-2-13(3-5-14)12-22-11-1-6-16(15(22)23)7-9-21-10-8-16;/h2-5,21H,1,6-12H2;1H. The third-order valence-corrected chi connectivity index (χ3v) is 5.04. The van der Waals surface area contributed by atoms with E-state index in [9.17, 15) is 18.0 Å². The summed E-state index contributed by atoms with van der Waals surface area (Å²) in [5, 5.41) is 3.28. The quantitative estimate of drug-likeness (QED) is 0.871. The van der Waals surface area contributed by atoms with E-state index in [1.165, 1.54) is 12.1 Å². The number of carbonyl (C=O) groups is 1. The van der Waals surface area contributed by atoms with Gasteiger partial charge in [-0.2, -0.15) is 13.2 Å². The maximum absolute atomic E-state index is 12.9. The molecule has 1 spiro atoms. The Hall–Kier alpha value is -1.27. The second-order valence-electron chi connectivity index (χ2n) is 6.56. The van der Waals surface area contributed by atoms with E-state index in [0.717, 1.165) is 56.5 Å². The Bertz CT molecular complexity index is 563. The fourth-order valence-corrected chi connectivity index (χ4v) is 3.69. The number of nitrogens with one attached hydrogen (secondary N) is 1. The highest BCUT2D eigenvalue weighted by atomic mass is 35.5. The van der Waals surface area contributed by atoms with Gasteiger partial charge in [-0.05, 0) is 56.5 Å². The zero-order chi connectivity index (χ0) is 16.5. The molecule has 1 aromatic carbocycles. The molecule has 2 aliphatic heterocycles. The Morgan fingerprint density at radius 2 is 1.71 bits per heavy atom. The number of likely N-dealkylation sites (tertiary alicyclic amines) is 1. The van der Waals surface area contributed by atoms with Crippen molar-refractivity contribution in [2.75, 3.05) is 19.6 Å². The van der Waals surface area contributed by atoms with Crippen molar-refractivity contribution in [3.05, 3.63) is 35.4 Å². The van der Waals surface area contributed by atoms with Crippen LogP contribution in [0.15, 0.2) is 24.3 Å². The van der Waals surface area contributed by atoms with E-state index in [4.69, 9.17) is 0 Å². The molecule has 1 amide bonds. The molecule has 0 aromatic heterocycles. The van der Waals surface area contributed by atoms with Gasteiger partial charge in [-0.1, -0.05) is 12.1 Å². The van der Waals surface area contributed by atoms with Gasteiger partial charge in [0.15, 0.2) is 0 Å². The average Bonchev–Trinajstić information content (AvgIpc) is 2.53. The fourth-order valence-electron chi connectivity index (χ4n) is 3.69. The van der Waals surface area contributed by atoms with Crippen LogP contribution in [0.5, 0.6) is 0 Å². The van der Waals surface area contributed by atoms with Crippen molar-refractivity contribution in [2.24, 2.45) is 5.41 Å². The number of rotatable bonds is 2. The molecule has 24 heavy (non-hydrogen) atoms. The van der Waals surface area contributed by atoms with Crippen LogP contribution in [0, 0.1) is 5.41 Å². The van der Waals surface area contributed by atoms with Crippen LogP contribution in [0.3, 0.4) is 0 Å². The molecule has 2 saturated heterocycles. The van der Waals surface area contributed by atoms with E-state index >= 15 is 0 Å². The average molecular weight is 363 g/mol. The molecule has 1 aromatic rings. The van der Waals surface area contributed by atoms with Crippen LogP contribution >= 0.6 is 12.4 Å². The number of halogens is 4. The van der Waals surface area contributed by atoms with Gasteiger partial charge in [0, 0.05) is 13.1 Å². The van der Waals surface area contributed by atoms with E-state index in [1.54, 1.807) is 0 Å². The molecule has 0 saturated carbocycles.